The van der Waals surface area contributed by atoms with Crippen LogP contribution >= 0.6 is 11.8 Å². The summed E-state index contributed by atoms with van der Waals surface area (Å²) in [6, 6.07) is 17.1. The minimum absolute atomic E-state index is 0.0297. The van der Waals surface area contributed by atoms with Crippen molar-refractivity contribution in [1.82, 2.24) is 30.6 Å². The molecule has 0 bridgehead atoms. The standard InChI is InChI=1S/C30H35F3N8O2S/c1-20(2)25-7-5-6-8-26(25)40(27(42)18-44-4)19-37-36-16-15-22-10-9-21(17-35-22)28-38-29(34-3)41(39-28)23-11-13-24(14-12-23)43-30(31,32)33/h5-14,17,20,36-37H,15-16,18-19H2,1-4H3,(H,34,38,39). The number of carbonyl (C=O) groups is 1. The van der Waals surface area contributed by atoms with E-state index in [0.717, 1.165) is 16.9 Å². The molecule has 0 radical (unpaired) electrons. The lowest BCUT2D eigenvalue weighted by Gasteiger charge is -2.27. The number of hydrazine groups is 1. The Morgan fingerprint density at radius 1 is 1.07 bits per heavy atom. The Bertz CT molecular complexity index is 1510. The van der Waals surface area contributed by atoms with Gasteiger partial charge in [0, 0.05) is 43.2 Å². The van der Waals surface area contributed by atoms with E-state index in [4.69, 9.17) is 0 Å². The van der Waals surface area contributed by atoms with Crippen LogP contribution in [0.15, 0.2) is 66.9 Å². The van der Waals surface area contributed by atoms with Crippen molar-refractivity contribution >= 4 is 29.3 Å². The van der Waals surface area contributed by atoms with E-state index < -0.39 is 6.36 Å². The first-order chi connectivity index (χ1) is 21.1. The fourth-order valence-corrected chi connectivity index (χ4v) is 4.82. The molecule has 1 amide bonds. The minimum Gasteiger partial charge on any atom is -0.406 e. The van der Waals surface area contributed by atoms with E-state index in [-0.39, 0.29) is 17.6 Å². The number of aromatic nitrogens is 4. The average molecular weight is 629 g/mol. The maximum absolute atomic E-state index is 12.9. The van der Waals surface area contributed by atoms with E-state index in [1.807, 2.05) is 36.6 Å². The highest BCUT2D eigenvalue weighted by atomic mass is 32.2. The Balaban J connectivity index is 1.34. The second kappa shape index (κ2) is 15.0. The second-order valence-electron chi connectivity index (χ2n) is 9.98. The van der Waals surface area contributed by atoms with Crippen LogP contribution in [0.3, 0.4) is 0 Å². The molecule has 0 aliphatic rings. The van der Waals surface area contributed by atoms with Gasteiger partial charge >= 0.3 is 6.36 Å². The number of amides is 1. The number of pyridine rings is 1. The van der Waals surface area contributed by atoms with E-state index in [1.54, 1.807) is 18.1 Å². The highest BCUT2D eigenvalue weighted by molar-refractivity contribution is 7.99. The van der Waals surface area contributed by atoms with Crippen molar-refractivity contribution in [1.29, 1.82) is 0 Å². The molecule has 10 nitrogen and oxygen atoms in total. The Morgan fingerprint density at radius 2 is 1.82 bits per heavy atom. The molecule has 2 aromatic carbocycles. The zero-order valence-electron chi connectivity index (χ0n) is 24.9. The SMILES string of the molecule is CNc1nc(-c2ccc(CCNNCN(C(=O)CSC)c3ccccc3C(C)C)nc2)nn1-c1ccc(OC(F)(F)F)cc1. The van der Waals surface area contributed by atoms with E-state index in [2.05, 4.69) is 55.9 Å². The van der Waals surface area contributed by atoms with Crippen molar-refractivity contribution in [3.63, 3.8) is 0 Å². The molecule has 0 saturated heterocycles. The predicted octanol–water partition coefficient (Wildman–Crippen LogP) is 5.38. The third-order valence-electron chi connectivity index (χ3n) is 6.52. The summed E-state index contributed by atoms with van der Waals surface area (Å²) in [5.41, 5.74) is 10.4. The largest absolute Gasteiger partial charge is 0.573 e. The minimum atomic E-state index is -4.76. The number of benzene rings is 2. The molecule has 0 atom stereocenters. The second-order valence-corrected chi connectivity index (χ2v) is 10.8. The number of halogens is 3. The first-order valence-corrected chi connectivity index (χ1v) is 15.3. The molecule has 0 aliphatic heterocycles. The van der Waals surface area contributed by atoms with Gasteiger partial charge in [0.25, 0.3) is 0 Å². The van der Waals surface area contributed by atoms with Crippen LogP contribution in [0.25, 0.3) is 17.1 Å². The van der Waals surface area contributed by atoms with Crippen molar-refractivity contribution in [2.75, 3.05) is 42.5 Å². The van der Waals surface area contributed by atoms with Crippen LogP contribution in [0.4, 0.5) is 24.8 Å². The number of hydrogen-bond donors (Lipinski definition) is 3. The average Bonchev–Trinajstić information content (AvgIpc) is 3.43. The number of ether oxygens (including phenoxy) is 1. The van der Waals surface area contributed by atoms with Gasteiger partial charge in [0.15, 0.2) is 5.82 Å². The van der Waals surface area contributed by atoms with Gasteiger partial charge in [-0.2, -0.15) is 21.4 Å². The maximum atomic E-state index is 12.9. The van der Waals surface area contributed by atoms with Gasteiger partial charge in [-0.15, -0.1) is 18.3 Å². The van der Waals surface area contributed by atoms with Gasteiger partial charge < -0.3 is 10.1 Å². The lowest BCUT2D eigenvalue weighted by molar-refractivity contribution is -0.274. The highest BCUT2D eigenvalue weighted by Crippen LogP contribution is 2.28. The number of nitrogens with zero attached hydrogens (tertiary/aromatic N) is 5. The number of thioether (sulfide) groups is 1. The zero-order chi connectivity index (χ0) is 31.7. The predicted molar refractivity (Wildman–Crippen MR) is 167 cm³/mol. The van der Waals surface area contributed by atoms with Crippen LogP contribution in [0.2, 0.25) is 0 Å². The summed E-state index contributed by atoms with van der Waals surface area (Å²) < 4.78 is 42.9. The monoisotopic (exact) mass is 628 g/mol. The summed E-state index contributed by atoms with van der Waals surface area (Å²) in [5.74, 6) is 1.18. The van der Waals surface area contributed by atoms with Crippen molar-refractivity contribution in [2.45, 2.75) is 32.5 Å². The van der Waals surface area contributed by atoms with E-state index in [0.29, 0.717) is 48.4 Å². The quantitative estimate of drug-likeness (QED) is 0.0963. The summed E-state index contributed by atoms with van der Waals surface area (Å²) >= 11 is 1.49. The van der Waals surface area contributed by atoms with Crippen molar-refractivity contribution in [3.05, 3.63) is 78.1 Å². The topological polar surface area (TPSA) is 109 Å². The normalized spacial score (nSPS) is 11.5. The third kappa shape index (κ3) is 8.71. The number of carbonyl (C=O) groups excluding carboxylic acids is 1. The van der Waals surface area contributed by atoms with E-state index in [9.17, 15) is 18.0 Å². The summed E-state index contributed by atoms with van der Waals surface area (Å²) in [7, 11) is 1.68. The van der Waals surface area contributed by atoms with Crippen molar-refractivity contribution in [2.24, 2.45) is 0 Å². The van der Waals surface area contributed by atoms with Crippen LogP contribution in [0.1, 0.15) is 31.0 Å². The number of anilines is 2. The lowest BCUT2D eigenvalue weighted by atomic mass is 10.0. The van der Waals surface area contributed by atoms with Gasteiger partial charge in [0.05, 0.1) is 18.1 Å². The Labute approximate surface area is 258 Å². The number of para-hydroxylation sites is 1. The smallest absolute Gasteiger partial charge is 0.406 e. The molecule has 14 heteroatoms. The number of rotatable bonds is 14. The molecule has 2 heterocycles. The summed E-state index contributed by atoms with van der Waals surface area (Å²) in [5, 5.41) is 7.46. The highest BCUT2D eigenvalue weighted by Gasteiger charge is 2.31. The third-order valence-corrected chi connectivity index (χ3v) is 7.05. The molecule has 4 aromatic rings. The fourth-order valence-electron chi connectivity index (χ4n) is 4.41. The summed E-state index contributed by atoms with van der Waals surface area (Å²) in [6.07, 6.45) is -0.550. The number of hydrogen-bond acceptors (Lipinski definition) is 9. The lowest BCUT2D eigenvalue weighted by Crippen LogP contribution is -2.46. The molecule has 0 spiro atoms. The van der Waals surface area contributed by atoms with Crippen LogP contribution in [-0.2, 0) is 11.2 Å². The summed E-state index contributed by atoms with van der Waals surface area (Å²) in [4.78, 5) is 23.7. The van der Waals surface area contributed by atoms with E-state index >= 15 is 0 Å². The van der Waals surface area contributed by atoms with E-state index in [1.165, 1.54) is 40.7 Å². The van der Waals surface area contributed by atoms with Gasteiger partial charge in [-0.25, -0.2) is 5.43 Å². The molecule has 4 rings (SSSR count). The molecule has 0 fully saturated rings. The van der Waals surface area contributed by atoms with Crippen LogP contribution in [0, 0.1) is 0 Å². The number of alkyl halides is 3. The Morgan fingerprint density at radius 3 is 2.45 bits per heavy atom. The molecule has 44 heavy (non-hydrogen) atoms. The Kier molecular flexibility index (Phi) is 11.2. The molecule has 3 N–H and O–H groups in total. The van der Waals surface area contributed by atoms with Crippen LogP contribution < -0.4 is 25.8 Å². The van der Waals surface area contributed by atoms with Crippen molar-refractivity contribution in [3.8, 4) is 22.8 Å². The fraction of sp³-hybridized carbons (Fsp3) is 0.333. The van der Waals surface area contributed by atoms with Crippen LogP contribution in [-0.4, -0.2) is 64.3 Å². The Hall–Kier alpha value is -4.14. The molecule has 234 valence electrons. The molecular weight excluding hydrogens is 593 g/mol. The van der Waals surface area contributed by atoms with Crippen LogP contribution in [0.5, 0.6) is 5.75 Å². The number of nitrogens with one attached hydrogen (secondary N) is 3. The van der Waals surface area contributed by atoms with Gasteiger partial charge in [0.1, 0.15) is 5.75 Å². The van der Waals surface area contributed by atoms with Gasteiger partial charge in [0.2, 0.25) is 11.9 Å². The van der Waals surface area contributed by atoms with Crippen molar-refractivity contribution < 1.29 is 22.7 Å². The summed E-state index contributed by atoms with van der Waals surface area (Å²) in [6.45, 7) is 5.11. The molecule has 0 aliphatic carbocycles. The zero-order valence-corrected chi connectivity index (χ0v) is 25.7. The maximum Gasteiger partial charge on any atom is 0.573 e. The van der Waals surface area contributed by atoms with Gasteiger partial charge in [-0.1, -0.05) is 32.0 Å². The molecular formula is C30H35F3N8O2S. The van der Waals surface area contributed by atoms with Gasteiger partial charge in [-0.05, 0) is 60.2 Å². The first kappa shape index (κ1) is 32.8. The molecule has 0 saturated carbocycles. The van der Waals surface area contributed by atoms with Gasteiger partial charge in [-0.3, -0.25) is 20.1 Å². The molecule has 0 unspecified atom stereocenters. The first-order valence-electron chi connectivity index (χ1n) is 13.9. The molecule has 2 aromatic heterocycles.